The third-order valence-corrected chi connectivity index (χ3v) is 6.83. The van der Waals surface area contributed by atoms with E-state index < -0.39 is 17.3 Å². The first-order chi connectivity index (χ1) is 18.1. The number of benzene rings is 1. The highest BCUT2D eigenvalue weighted by atomic mass is 19.2. The molecule has 1 fully saturated rings. The van der Waals surface area contributed by atoms with Crippen molar-refractivity contribution < 1.29 is 18.1 Å². The number of nitrogens with zero attached hydrogens (tertiary/aromatic N) is 4. The van der Waals surface area contributed by atoms with Crippen LogP contribution >= 0.6 is 0 Å². The van der Waals surface area contributed by atoms with Crippen LogP contribution in [0.15, 0.2) is 58.2 Å². The second-order valence-corrected chi connectivity index (χ2v) is 10.0. The normalized spacial score (nSPS) is 18.4. The van der Waals surface area contributed by atoms with Gasteiger partial charge in [0.15, 0.2) is 11.6 Å². The summed E-state index contributed by atoms with van der Waals surface area (Å²) in [5.41, 5.74) is 9.25. The lowest BCUT2D eigenvalue weighted by molar-refractivity contribution is -0.120. The SMILES string of the molecule is CC/C=C\C(C)(N)/N=c1/cc(-c2c(C)noc2C)ccn1CC[C@@H]1CCCC(=O)N1c1ccc(F)c(F)c1. The molecular weight excluding hydrogens is 488 g/mol. The molecular formula is C29H35F2N5O2. The molecule has 1 aliphatic heterocycles. The first kappa shape index (κ1) is 27.4. The highest BCUT2D eigenvalue weighted by Crippen LogP contribution is 2.29. The number of allylic oxidation sites excluding steroid dienone is 1. The van der Waals surface area contributed by atoms with Crippen molar-refractivity contribution in [2.45, 2.75) is 78.0 Å². The molecule has 4 rings (SSSR count). The van der Waals surface area contributed by atoms with E-state index in [0.29, 0.717) is 30.6 Å². The van der Waals surface area contributed by atoms with E-state index in [0.717, 1.165) is 54.0 Å². The molecule has 1 unspecified atom stereocenters. The van der Waals surface area contributed by atoms with Crippen LogP contribution < -0.4 is 16.1 Å². The minimum Gasteiger partial charge on any atom is -0.361 e. The van der Waals surface area contributed by atoms with Crippen LogP contribution in [0.2, 0.25) is 0 Å². The zero-order valence-corrected chi connectivity index (χ0v) is 22.4. The van der Waals surface area contributed by atoms with Crippen molar-refractivity contribution in [2.24, 2.45) is 10.7 Å². The number of carbonyl (C=O) groups excluding carboxylic acids is 1. The van der Waals surface area contributed by atoms with E-state index in [9.17, 15) is 13.6 Å². The van der Waals surface area contributed by atoms with Crippen LogP contribution in [-0.2, 0) is 11.3 Å². The van der Waals surface area contributed by atoms with Crippen molar-refractivity contribution in [2.75, 3.05) is 4.90 Å². The predicted octanol–water partition coefficient (Wildman–Crippen LogP) is 5.56. The van der Waals surface area contributed by atoms with E-state index in [1.165, 1.54) is 6.07 Å². The number of hydrogen-bond donors (Lipinski definition) is 1. The maximum Gasteiger partial charge on any atom is 0.227 e. The molecule has 1 aromatic carbocycles. The molecule has 7 nitrogen and oxygen atoms in total. The molecule has 0 saturated carbocycles. The fourth-order valence-corrected chi connectivity index (χ4v) is 4.99. The molecule has 38 heavy (non-hydrogen) atoms. The summed E-state index contributed by atoms with van der Waals surface area (Å²) < 4.78 is 34.9. The molecule has 1 aliphatic rings. The Labute approximate surface area is 221 Å². The Morgan fingerprint density at radius 2 is 2.03 bits per heavy atom. The van der Waals surface area contributed by atoms with Gasteiger partial charge in [0.25, 0.3) is 0 Å². The summed E-state index contributed by atoms with van der Waals surface area (Å²) in [4.78, 5) is 19.3. The molecule has 1 saturated heterocycles. The molecule has 3 heterocycles. The van der Waals surface area contributed by atoms with Crippen LogP contribution in [0.1, 0.15) is 57.4 Å². The number of anilines is 1. The second-order valence-electron chi connectivity index (χ2n) is 10.0. The van der Waals surface area contributed by atoms with Gasteiger partial charge in [-0.2, -0.15) is 0 Å². The van der Waals surface area contributed by atoms with Gasteiger partial charge in [-0.15, -0.1) is 0 Å². The fraction of sp³-hybridized carbons (Fsp3) is 0.414. The minimum absolute atomic E-state index is 0.0878. The molecule has 3 aromatic rings. The number of halogens is 2. The van der Waals surface area contributed by atoms with E-state index >= 15 is 0 Å². The van der Waals surface area contributed by atoms with Crippen molar-refractivity contribution in [3.8, 4) is 11.1 Å². The van der Waals surface area contributed by atoms with Gasteiger partial charge in [0.05, 0.1) is 5.69 Å². The lowest BCUT2D eigenvalue weighted by Crippen LogP contribution is -2.45. The Morgan fingerprint density at radius 1 is 1.24 bits per heavy atom. The van der Waals surface area contributed by atoms with Gasteiger partial charge in [-0.3, -0.25) is 4.79 Å². The monoisotopic (exact) mass is 523 g/mol. The number of amides is 1. The van der Waals surface area contributed by atoms with Crippen LogP contribution in [0.3, 0.4) is 0 Å². The predicted molar refractivity (Wildman–Crippen MR) is 143 cm³/mol. The highest BCUT2D eigenvalue weighted by molar-refractivity contribution is 5.94. The molecule has 0 bridgehead atoms. The van der Waals surface area contributed by atoms with Gasteiger partial charge in [-0.05, 0) is 82.4 Å². The minimum atomic E-state index is -0.965. The summed E-state index contributed by atoms with van der Waals surface area (Å²) in [5, 5.41) is 4.08. The van der Waals surface area contributed by atoms with Gasteiger partial charge in [-0.25, -0.2) is 13.8 Å². The third kappa shape index (κ3) is 6.10. The van der Waals surface area contributed by atoms with Gasteiger partial charge in [0.2, 0.25) is 5.91 Å². The topological polar surface area (TPSA) is 89.6 Å². The Balaban J connectivity index is 1.69. The number of aryl methyl sites for hydroxylation is 3. The second kappa shape index (κ2) is 11.4. The number of hydrogen-bond acceptors (Lipinski definition) is 5. The maximum absolute atomic E-state index is 14.0. The Hall–Kier alpha value is -3.59. The zero-order valence-electron chi connectivity index (χ0n) is 22.4. The molecule has 2 N–H and O–H groups in total. The summed E-state index contributed by atoms with van der Waals surface area (Å²) in [6, 6.07) is 7.41. The fourth-order valence-electron chi connectivity index (χ4n) is 4.99. The maximum atomic E-state index is 14.0. The van der Waals surface area contributed by atoms with E-state index in [4.69, 9.17) is 15.2 Å². The Morgan fingerprint density at radius 3 is 2.71 bits per heavy atom. The average molecular weight is 524 g/mol. The molecule has 9 heteroatoms. The molecule has 0 aliphatic carbocycles. The van der Waals surface area contributed by atoms with Gasteiger partial charge >= 0.3 is 0 Å². The lowest BCUT2D eigenvalue weighted by atomic mass is 9.97. The Kier molecular flexibility index (Phi) is 8.26. The molecule has 0 spiro atoms. The summed E-state index contributed by atoms with van der Waals surface area (Å²) in [5.74, 6) is -1.27. The van der Waals surface area contributed by atoms with Crippen molar-refractivity contribution in [1.29, 1.82) is 0 Å². The molecule has 2 aromatic heterocycles. The van der Waals surface area contributed by atoms with Crippen LogP contribution in [0, 0.1) is 25.5 Å². The molecule has 0 radical (unpaired) electrons. The zero-order chi connectivity index (χ0) is 27.4. The largest absolute Gasteiger partial charge is 0.361 e. The quantitative estimate of drug-likeness (QED) is 0.392. The number of aromatic nitrogens is 2. The number of carbonyl (C=O) groups is 1. The smallest absolute Gasteiger partial charge is 0.227 e. The number of pyridine rings is 1. The standard InChI is InChI=1S/C29H35F2N5O2/c1-5-6-14-29(4,32)33-26-17-21(28-19(2)34-38-20(28)3)12-15-35(26)16-13-22-8-7-9-27(37)36(22)23-10-11-24(30)25(31)18-23/h6,10-12,14-15,17-18,22H,5,7-9,13,16,32H2,1-4H3/b14-6-,33-26-/t22-,29?/m0/s1. The first-order valence-corrected chi connectivity index (χ1v) is 13.0. The van der Waals surface area contributed by atoms with Gasteiger partial charge in [0, 0.05) is 42.5 Å². The van der Waals surface area contributed by atoms with Crippen LogP contribution in [0.25, 0.3) is 11.1 Å². The van der Waals surface area contributed by atoms with E-state index in [1.54, 1.807) is 4.90 Å². The highest BCUT2D eigenvalue weighted by Gasteiger charge is 2.30. The van der Waals surface area contributed by atoms with E-state index in [-0.39, 0.29) is 11.9 Å². The summed E-state index contributed by atoms with van der Waals surface area (Å²) in [7, 11) is 0. The third-order valence-electron chi connectivity index (χ3n) is 6.83. The molecule has 2 atom stereocenters. The summed E-state index contributed by atoms with van der Waals surface area (Å²) >= 11 is 0. The Bertz CT molecular complexity index is 1390. The van der Waals surface area contributed by atoms with Crippen molar-refractivity contribution >= 4 is 11.6 Å². The number of piperidine rings is 1. The average Bonchev–Trinajstić information content (AvgIpc) is 3.21. The van der Waals surface area contributed by atoms with Crippen LogP contribution in [-0.4, -0.2) is 27.3 Å². The van der Waals surface area contributed by atoms with Gasteiger partial charge < -0.3 is 19.7 Å². The molecule has 202 valence electrons. The van der Waals surface area contributed by atoms with Gasteiger partial charge in [0.1, 0.15) is 16.9 Å². The van der Waals surface area contributed by atoms with Gasteiger partial charge in [-0.1, -0.05) is 18.2 Å². The number of rotatable bonds is 8. The van der Waals surface area contributed by atoms with Crippen LogP contribution in [0.4, 0.5) is 14.5 Å². The summed E-state index contributed by atoms with van der Waals surface area (Å²) in [6.45, 7) is 8.20. The van der Waals surface area contributed by atoms with Crippen molar-refractivity contribution in [3.05, 3.63) is 77.3 Å². The number of nitrogens with two attached hydrogens (primary N) is 1. The summed E-state index contributed by atoms with van der Waals surface area (Å²) in [6.07, 6.45) is 9.16. The lowest BCUT2D eigenvalue weighted by Gasteiger charge is -2.36. The molecule has 1 amide bonds. The van der Waals surface area contributed by atoms with E-state index in [1.807, 2.05) is 62.7 Å². The first-order valence-electron chi connectivity index (χ1n) is 13.0. The van der Waals surface area contributed by atoms with E-state index in [2.05, 4.69) is 5.16 Å². The van der Waals surface area contributed by atoms with Crippen molar-refractivity contribution in [3.63, 3.8) is 0 Å². The van der Waals surface area contributed by atoms with Crippen molar-refractivity contribution in [1.82, 2.24) is 9.72 Å². The van der Waals surface area contributed by atoms with Crippen LogP contribution in [0.5, 0.6) is 0 Å².